The first-order chi connectivity index (χ1) is 71.6. The minimum absolute atomic E-state index is 0.101. The Hall–Kier alpha value is -5.04. The minimum atomic E-state index is -0.940. The Bertz CT molecular complexity index is 3080. The monoisotopic (exact) mass is 2160 g/mol. The van der Waals surface area contributed by atoms with Crippen LogP contribution >= 0.6 is 0 Å². The van der Waals surface area contributed by atoms with E-state index in [1.165, 1.54) is 220 Å². The number of hydrogen-bond acceptors (Lipinski definition) is 36. The van der Waals surface area contributed by atoms with Gasteiger partial charge in [-0.15, -0.1) is 0 Å². The number of ether oxygens (including phenoxy) is 8. The Kier molecular flexibility index (Phi) is 106. The average Bonchev–Trinajstić information content (AvgIpc) is 0.927. The van der Waals surface area contributed by atoms with Crippen LogP contribution in [-0.2, 0) is 76.3 Å². The number of hydrogen-bond donors (Lipinski definition) is 16. The first kappa shape index (κ1) is 151. The maximum Gasteiger partial charge on any atom is 0.323 e. The summed E-state index contributed by atoms with van der Waals surface area (Å²) in [4.78, 5) is 102. The molecule has 0 aromatic carbocycles. The Morgan fingerprint density at radius 1 is 0.227 bits per heavy atom. The van der Waals surface area contributed by atoms with Crippen LogP contribution in [0.2, 0.25) is 0 Å². The van der Waals surface area contributed by atoms with E-state index in [0.717, 1.165) is 77.0 Å². The van der Waals surface area contributed by atoms with E-state index in [1.807, 2.05) is 19.6 Å². The molecule has 150 heavy (non-hydrogen) atoms. The Labute approximate surface area is 907 Å². The Morgan fingerprint density at radius 2 is 0.380 bits per heavy atom. The average molecular weight is 2160 g/mol. The van der Waals surface area contributed by atoms with Gasteiger partial charge in [0.25, 0.3) is 0 Å². The minimum Gasteiger partial charge on any atom is -0.468 e. The van der Waals surface area contributed by atoms with Gasteiger partial charge in [-0.2, -0.15) is 0 Å². The zero-order chi connectivity index (χ0) is 113. The normalized spacial score (nSPS) is 14.1. The molecule has 0 bridgehead atoms. The van der Waals surface area contributed by atoms with Crippen LogP contribution in [0.5, 0.6) is 0 Å². The molecule has 12 unspecified atom stereocenters. The molecule has 0 aromatic heterocycles. The lowest BCUT2D eigenvalue weighted by atomic mass is 10.0. The van der Waals surface area contributed by atoms with Crippen LogP contribution in [0.4, 0.5) is 0 Å². The summed E-state index contributed by atoms with van der Waals surface area (Å²) >= 11 is 0. The highest BCUT2D eigenvalue weighted by Crippen LogP contribution is 2.21. The maximum absolute atomic E-state index is 12.1. The highest BCUT2D eigenvalue weighted by atomic mass is 16.6. The molecule has 36 heteroatoms. The molecular formula is C114H228N8O28. The van der Waals surface area contributed by atoms with Crippen LogP contribution in [0, 0.1) is 0 Å². The van der Waals surface area contributed by atoms with E-state index in [2.05, 4.69) is 37.2 Å². The fourth-order valence-corrected chi connectivity index (χ4v) is 17.0. The number of carbonyl (C=O) groups is 8. The molecule has 0 saturated heterocycles. The van der Waals surface area contributed by atoms with Gasteiger partial charge in [-0.25, -0.2) is 0 Å². The Morgan fingerprint density at radius 3 is 0.533 bits per heavy atom. The standard InChI is InChI=1S/C32H64N2O7.C29H58N2O7.C28H56N2O7.C25H50N2O7/c1-5-6-7-8-9-10-11-12-13-14-15-16-17-21-30(38)40-26-28(37)24-34(23-27(36)25-35)22-19-18-20-29(33)31(39)41-32(2,3)4;1-3-4-5-6-7-8-9-10-11-12-13-14-15-19-28(35)38-24-26(34)22-31(21-25(33)23-32)20-17-16-18-27(30)29(36)37-2;1-5-6-7-8-9-10-11-12-13-17-26(34)36-22-24(33)20-30(19-23(32)21-31)18-15-14-16-25(29)27(35)37-28(2,3)4;1-3-4-5-6-7-8-9-10-11-15-24(31)34-20-22(30)18-27(17-21(29)19-28)16-13-12-14-23(26)25(32)33-2/h27-29,35-37H,5-26,33H2,1-4H3;25-27,32-34H,3-24,30H2,1-2H3;23-25,31-33H,5-22,29H2,1-4H3;21-23,28-30H,3-20,26H2,1-2H3. The van der Waals surface area contributed by atoms with Crippen LogP contribution in [0.25, 0.3) is 0 Å². The molecule has 0 saturated carbocycles. The molecule has 0 aliphatic rings. The summed E-state index contributed by atoms with van der Waals surface area (Å²) in [5.74, 6) is -2.97. The van der Waals surface area contributed by atoms with Crippen molar-refractivity contribution in [1.29, 1.82) is 0 Å². The first-order valence-electron chi connectivity index (χ1n) is 58.7. The highest BCUT2D eigenvalue weighted by Gasteiger charge is 2.28. The lowest BCUT2D eigenvalue weighted by Crippen LogP contribution is -2.41. The number of aliphatic hydroxyl groups is 12. The number of methoxy groups -OCH3 is 2. The van der Waals surface area contributed by atoms with Crippen molar-refractivity contribution in [2.45, 2.75) is 539 Å². The number of aliphatic hydroxyl groups excluding tert-OH is 12. The summed E-state index contributed by atoms with van der Waals surface area (Å²) < 4.78 is 40.8. The molecule has 12 atom stereocenters. The molecule has 0 heterocycles. The number of esters is 8. The second-order valence-electron chi connectivity index (χ2n) is 43.4. The van der Waals surface area contributed by atoms with Crippen molar-refractivity contribution in [2.24, 2.45) is 22.9 Å². The van der Waals surface area contributed by atoms with Gasteiger partial charge in [0.1, 0.15) is 86.2 Å². The molecule has 0 spiro atoms. The van der Waals surface area contributed by atoms with Gasteiger partial charge in [0.2, 0.25) is 0 Å². The third kappa shape index (κ3) is 106. The van der Waals surface area contributed by atoms with Crippen LogP contribution in [-0.4, -0.2) is 358 Å². The Balaban J connectivity index is -0.000000949. The number of unbranched alkanes of at least 4 members (excludes halogenated alkanes) is 44. The van der Waals surface area contributed by atoms with Crippen molar-refractivity contribution in [2.75, 3.05) is 146 Å². The van der Waals surface area contributed by atoms with Gasteiger partial charge in [0, 0.05) is 78.0 Å². The number of nitrogens with zero attached hydrogens (tertiary/aromatic N) is 4. The van der Waals surface area contributed by atoms with E-state index in [-0.39, 0.29) is 129 Å². The molecule has 0 fully saturated rings. The summed E-state index contributed by atoms with van der Waals surface area (Å²) in [5, 5.41) is 118. The van der Waals surface area contributed by atoms with Gasteiger partial charge >= 0.3 is 47.8 Å². The molecule has 0 amide bonds. The fraction of sp³-hybridized carbons (Fsp3) is 0.930. The van der Waals surface area contributed by atoms with E-state index in [0.29, 0.717) is 129 Å². The van der Waals surface area contributed by atoms with Gasteiger partial charge in [0.05, 0.1) is 65.1 Å². The van der Waals surface area contributed by atoms with Gasteiger partial charge in [-0.1, -0.05) is 310 Å². The van der Waals surface area contributed by atoms with Crippen molar-refractivity contribution >= 4 is 47.8 Å². The molecular weight excluding hydrogens is 1930 g/mol. The van der Waals surface area contributed by atoms with E-state index in [9.17, 15) is 89.4 Å². The zero-order valence-corrected chi connectivity index (χ0v) is 96.5. The lowest BCUT2D eigenvalue weighted by molar-refractivity contribution is -0.157. The van der Waals surface area contributed by atoms with Crippen LogP contribution < -0.4 is 22.9 Å². The molecule has 0 aliphatic heterocycles. The summed E-state index contributed by atoms with van der Waals surface area (Å²) in [6.45, 7) is 21.4. The van der Waals surface area contributed by atoms with E-state index >= 15 is 0 Å². The van der Waals surface area contributed by atoms with E-state index in [4.69, 9.17) is 61.6 Å². The van der Waals surface area contributed by atoms with Crippen molar-refractivity contribution in [3.8, 4) is 0 Å². The van der Waals surface area contributed by atoms with Gasteiger partial charge in [-0.05, 0) is 145 Å². The quantitative estimate of drug-likeness (QED) is 0.0153. The number of nitrogens with two attached hydrogens (primary N) is 4. The number of rotatable bonds is 100. The van der Waals surface area contributed by atoms with Gasteiger partial charge in [-0.3, -0.25) is 58.0 Å². The predicted molar refractivity (Wildman–Crippen MR) is 593 cm³/mol. The summed E-state index contributed by atoms with van der Waals surface area (Å²) in [6.07, 6.45) is 54.9. The SMILES string of the molecule is CCCCCCCCCCCC(=O)OCC(O)CN(CCCCC(N)C(=O)OC(C)(C)C)CC(O)CO.CCCCCCCCCCCC(=O)OCC(O)CN(CCCCC(N)C(=O)OC)CC(O)CO.CCCCCCCCCCCCCCCC(=O)OCC(O)CN(CCCCC(N)C(=O)OC(C)(C)C)CC(O)CO.CCCCCCCCCCCCCCCC(=O)OCC(O)CN(CCCCC(N)C(=O)OC)CC(O)CO. The number of carbonyl (C=O) groups excluding carboxylic acids is 8. The summed E-state index contributed by atoms with van der Waals surface area (Å²) in [5.41, 5.74) is 22.2. The van der Waals surface area contributed by atoms with Crippen molar-refractivity contribution in [3.05, 3.63) is 0 Å². The van der Waals surface area contributed by atoms with Gasteiger partial charge < -0.3 is 122 Å². The highest BCUT2D eigenvalue weighted by molar-refractivity contribution is 5.77. The third-order valence-electron chi connectivity index (χ3n) is 25.7. The third-order valence-corrected chi connectivity index (χ3v) is 25.7. The summed E-state index contributed by atoms with van der Waals surface area (Å²) in [6, 6.07) is -2.74. The topological polar surface area (TPSA) is 570 Å². The maximum atomic E-state index is 12.1. The van der Waals surface area contributed by atoms with E-state index in [1.54, 1.807) is 41.5 Å². The largest absolute Gasteiger partial charge is 0.468 e. The van der Waals surface area contributed by atoms with Crippen LogP contribution in [0.3, 0.4) is 0 Å². The first-order valence-corrected chi connectivity index (χ1v) is 58.7. The molecule has 36 nitrogen and oxygen atoms in total. The second kappa shape index (κ2) is 106. The van der Waals surface area contributed by atoms with Crippen molar-refractivity contribution in [1.82, 2.24) is 19.6 Å². The molecule has 0 rings (SSSR count). The van der Waals surface area contributed by atoms with Crippen LogP contribution in [0.1, 0.15) is 454 Å². The molecule has 20 N–H and O–H groups in total. The smallest absolute Gasteiger partial charge is 0.323 e. The predicted octanol–water partition coefficient (Wildman–Crippen LogP) is 14.0. The molecule has 892 valence electrons. The zero-order valence-electron chi connectivity index (χ0n) is 96.5. The second-order valence-corrected chi connectivity index (χ2v) is 43.4. The fourth-order valence-electron chi connectivity index (χ4n) is 17.0. The van der Waals surface area contributed by atoms with Crippen LogP contribution in [0.15, 0.2) is 0 Å². The van der Waals surface area contributed by atoms with E-state index < -0.39 is 108 Å². The summed E-state index contributed by atoms with van der Waals surface area (Å²) in [7, 11) is 2.60. The molecule has 0 aliphatic carbocycles. The van der Waals surface area contributed by atoms with Crippen molar-refractivity contribution < 1.29 is 138 Å². The lowest BCUT2D eigenvalue weighted by Gasteiger charge is -2.27. The van der Waals surface area contributed by atoms with Gasteiger partial charge in [0.15, 0.2) is 0 Å². The molecule has 0 aromatic rings. The van der Waals surface area contributed by atoms with Crippen molar-refractivity contribution in [3.63, 3.8) is 0 Å². The molecule has 0 radical (unpaired) electrons.